The van der Waals surface area contributed by atoms with Gasteiger partial charge in [-0.3, -0.25) is 0 Å². The number of hydrogen-bond acceptors (Lipinski definition) is 4. The Bertz CT molecular complexity index is 557. The smallest absolute Gasteiger partial charge is 0.246 e. The fraction of sp³-hybridized carbons (Fsp3) is 0.429. The number of rotatable bonds is 5. The van der Waals surface area contributed by atoms with Crippen molar-refractivity contribution in [2.75, 3.05) is 0 Å². The van der Waals surface area contributed by atoms with E-state index < -0.39 is 5.54 Å². The number of hydrogen-bond donors (Lipinski definition) is 1. The maximum atomic E-state index is 13.1. The van der Waals surface area contributed by atoms with Gasteiger partial charge in [-0.05, 0) is 31.0 Å². The Morgan fingerprint density at radius 3 is 2.80 bits per heavy atom. The molecule has 110 valence electrons. The van der Waals surface area contributed by atoms with Crippen LogP contribution in [-0.2, 0) is 12.0 Å². The van der Waals surface area contributed by atoms with E-state index in [2.05, 4.69) is 17.1 Å². The lowest BCUT2D eigenvalue weighted by Crippen LogP contribution is -2.33. The Hall–Kier alpha value is -1.46. The van der Waals surface area contributed by atoms with Gasteiger partial charge in [-0.2, -0.15) is 4.98 Å². The van der Waals surface area contributed by atoms with Crippen molar-refractivity contribution in [1.29, 1.82) is 0 Å². The summed E-state index contributed by atoms with van der Waals surface area (Å²) in [5.41, 5.74) is 6.32. The van der Waals surface area contributed by atoms with E-state index in [0.717, 1.165) is 18.4 Å². The molecule has 20 heavy (non-hydrogen) atoms. The van der Waals surface area contributed by atoms with Crippen molar-refractivity contribution in [2.45, 2.75) is 38.6 Å². The van der Waals surface area contributed by atoms with Crippen LogP contribution in [0.4, 0.5) is 4.39 Å². The Kier molecular flexibility index (Phi) is 5.65. The van der Waals surface area contributed by atoms with E-state index in [-0.39, 0.29) is 18.2 Å². The summed E-state index contributed by atoms with van der Waals surface area (Å²) in [6.07, 6.45) is 2.15. The summed E-state index contributed by atoms with van der Waals surface area (Å²) >= 11 is 0. The number of aromatic nitrogens is 2. The minimum Gasteiger partial charge on any atom is -0.337 e. The second-order valence-corrected chi connectivity index (χ2v) is 4.99. The van der Waals surface area contributed by atoms with Gasteiger partial charge in [0.15, 0.2) is 5.82 Å². The van der Waals surface area contributed by atoms with Gasteiger partial charge in [-0.25, -0.2) is 4.39 Å². The van der Waals surface area contributed by atoms with Gasteiger partial charge in [0.25, 0.3) is 0 Å². The monoisotopic (exact) mass is 299 g/mol. The van der Waals surface area contributed by atoms with Crippen molar-refractivity contribution >= 4 is 12.4 Å². The summed E-state index contributed by atoms with van der Waals surface area (Å²) < 4.78 is 18.3. The van der Waals surface area contributed by atoms with Crippen LogP contribution in [0.1, 0.15) is 44.0 Å². The van der Waals surface area contributed by atoms with Crippen molar-refractivity contribution in [2.24, 2.45) is 5.73 Å². The minimum absolute atomic E-state index is 0. The molecule has 0 spiro atoms. The number of benzene rings is 1. The first kappa shape index (κ1) is 16.6. The quantitative estimate of drug-likeness (QED) is 0.921. The predicted octanol–water partition coefficient (Wildman–Crippen LogP) is 3.20. The molecule has 0 aliphatic rings. The second-order valence-electron chi connectivity index (χ2n) is 4.99. The molecule has 2 rings (SSSR count). The average molecular weight is 300 g/mol. The van der Waals surface area contributed by atoms with Gasteiger partial charge in [-0.1, -0.05) is 30.6 Å². The molecule has 0 aliphatic carbocycles. The normalized spacial score (nSPS) is 13.6. The van der Waals surface area contributed by atoms with Gasteiger partial charge in [0, 0.05) is 6.42 Å². The molecule has 1 aromatic carbocycles. The van der Waals surface area contributed by atoms with Crippen molar-refractivity contribution in [3.8, 4) is 0 Å². The molecule has 1 heterocycles. The Labute approximate surface area is 124 Å². The highest BCUT2D eigenvalue weighted by atomic mass is 35.5. The molecule has 0 radical (unpaired) electrons. The van der Waals surface area contributed by atoms with Gasteiger partial charge in [-0.15, -0.1) is 12.4 Å². The molecule has 0 bridgehead atoms. The van der Waals surface area contributed by atoms with Crippen LogP contribution in [0.5, 0.6) is 0 Å². The molecule has 0 saturated carbocycles. The summed E-state index contributed by atoms with van der Waals surface area (Å²) in [4.78, 5) is 4.30. The van der Waals surface area contributed by atoms with E-state index in [4.69, 9.17) is 10.3 Å². The third kappa shape index (κ3) is 4.02. The standard InChI is InChI=1S/C14H18FN3O.ClH/c1-3-7-14(2,16)13-17-12(18-19-13)9-10-5-4-6-11(15)8-10;/h4-6,8H,3,7,9,16H2,1-2H3;1H. The van der Waals surface area contributed by atoms with E-state index in [1.54, 1.807) is 6.07 Å². The van der Waals surface area contributed by atoms with Gasteiger partial charge >= 0.3 is 0 Å². The molecule has 0 saturated heterocycles. The minimum atomic E-state index is -0.609. The Balaban J connectivity index is 0.00000200. The fourth-order valence-electron chi connectivity index (χ4n) is 2.01. The molecule has 6 heteroatoms. The van der Waals surface area contributed by atoms with E-state index >= 15 is 0 Å². The van der Waals surface area contributed by atoms with Crippen LogP contribution in [0.25, 0.3) is 0 Å². The number of nitrogens with two attached hydrogens (primary N) is 1. The molecule has 1 atom stereocenters. The van der Waals surface area contributed by atoms with Crippen LogP contribution in [0, 0.1) is 5.82 Å². The van der Waals surface area contributed by atoms with E-state index in [1.165, 1.54) is 12.1 Å². The first-order chi connectivity index (χ1) is 9.01. The fourth-order valence-corrected chi connectivity index (χ4v) is 2.01. The first-order valence-corrected chi connectivity index (χ1v) is 6.37. The molecule has 1 aromatic heterocycles. The highest BCUT2D eigenvalue weighted by Gasteiger charge is 2.27. The Morgan fingerprint density at radius 1 is 1.40 bits per heavy atom. The molecular weight excluding hydrogens is 281 g/mol. The van der Waals surface area contributed by atoms with Crippen LogP contribution in [-0.4, -0.2) is 10.1 Å². The van der Waals surface area contributed by atoms with E-state index in [9.17, 15) is 4.39 Å². The summed E-state index contributed by atoms with van der Waals surface area (Å²) in [5.74, 6) is 0.685. The van der Waals surface area contributed by atoms with Crippen LogP contribution in [0.2, 0.25) is 0 Å². The predicted molar refractivity (Wildman–Crippen MR) is 77.2 cm³/mol. The highest BCUT2D eigenvalue weighted by Crippen LogP contribution is 2.21. The van der Waals surface area contributed by atoms with Gasteiger partial charge in [0.1, 0.15) is 5.82 Å². The summed E-state index contributed by atoms with van der Waals surface area (Å²) in [7, 11) is 0. The molecule has 1 unspecified atom stereocenters. The molecule has 0 aliphatic heterocycles. The summed E-state index contributed by atoms with van der Waals surface area (Å²) in [6, 6.07) is 6.36. The van der Waals surface area contributed by atoms with Gasteiger partial charge < -0.3 is 10.3 Å². The van der Waals surface area contributed by atoms with E-state index in [1.807, 2.05) is 13.0 Å². The first-order valence-electron chi connectivity index (χ1n) is 6.37. The lowest BCUT2D eigenvalue weighted by atomic mass is 9.98. The summed E-state index contributed by atoms with van der Waals surface area (Å²) in [5, 5.41) is 3.90. The highest BCUT2D eigenvalue weighted by molar-refractivity contribution is 5.85. The lowest BCUT2D eigenvalue weighted by Gasteiger charge is -2.18. The zero-order valence-corrected chi connectivity index (χ0v) is 12.4. The maximum Gasteiger partial charge on any atom is 0.246 e. The van der Waals surface area contributed by atoms with Crippen LogP contribution < -0.4 is 5.73 Å². The van der Waals surface area contributed by atoms with Gasteiger partial charge in [0.2, 0.25) is 5.89 Å². The van der Waals surface area contributed by atoms with Crippen molar-refractivity contribution in [3.63, 3.8) is 0 Å². The second kappa shape index (κ2) is 6.81. The molecule has 0 fully saturated rings. The zero-order valence-electron chi connectivity index (χ0n) is 11.6. The molecule has 4 nitrogen and oxygen atoms in total. The number of nitrogens with zero attached hydrogens (tertiary/aromatic N) is 2. The molecule has 0 amide bonds. The van der Waals surface area contributed by atoms with Crippen LogP contribution >= 0.6 is 12.4 Å². The van der Waals surface area contributed by atoms with Crippen LogP contribution in [0.15, 0.2) is 28.8 Å². The maximum absolute atomic E-state index is 13.1. The lowest BCUT2D eigenvalue weighted by molar-refractivity contribution is 0.282. The number of halogens is 2. The third-order valence-corrected chi connectivity index (χ3v) is 2.98. The SMILES string of the molecule is CCCC(C)(N)c1nc(Cc2cccc(F)c2)no1.Cl. The zero-order chi connectivity index (χ0) is 13.9. The summed E-state index contributed by atoms with van der Waals surface area (Å²) in [6.45, 7) is 3.92. The van der Waals surface area contributed by atoms with E-state index in [0.29, 0.717) is 18.1 Å². The van der Waals surface area contributed by atoms with Gasteiger partial charge in [0.05, 0.1) is 5.54 Å². The molecule has 2 aromatic rings. The largest absolute Gasteiger partial charge is 0.337 e. The molecule has 2 N–H and O–H groups in total. The Morgan fingerprint density at radius 2 is 2.15 bits per heavy atom. The molecular formula is C14H19ClFN3O. The van der Waals surface area contributed by atoms with Crippen molar-refractivity contribution in [1.82, 2.24) is 10.1 Å². The van der Waals surface area contributed by atoms with Crippen LogP contribution in [0.3, 0.4) is 0 Å². The average Bonchev–Trinajstić information content (AvgIpc) is 2.78. The van der Waals surface area contributed by atoms with Crippen molar-refractivity contribution in [3.05, 3.63) is 47.4 Å². The topological polar surface area (TPSA) is 64.9 Å². The third-order valence-electron chi connectivity index (χ3n) is 2.98. The van der Waals surface area contributed by atoms with Crippen molar-refractivity contribution < 1.29 is 8.91 Å².